The predicted octanol–water partition coefficient (Wildman–Crippen LogP) is 4.65. The van der Waals surface area contributed by atoms with Crippen LogP contribution in [0.25, 0.3) is 0 Å². The van der Waals surface area contributed by atoms with E-state index in [1.807, 2.05) is 24.3 Å². The van der Waals surface area contributed by atoms with Crippen molar-refractivity contribution in [3.8, 4) is 0 Å². The zero-order chi connectivity index (χ0) is 24.5. The van der Waals surface area contributed by atoms with Crippen LogP contribution < -0.4 is 16.0 Å². The van der Waals surface area contributed by atoms with E-state index >= 15 is 0 Å². The van der Waals surface area contributed by atoms with Gasteiger partial charge in [0, 0.05) is 6.20 Å². The third-order valence-corrected chi connectivity index (χ3v) is 7.08. The van der Waals surface area contributed by atoms with Crippen molar-refractivity contribution in [3.63, 3.8) is 0 Å². The number of halogens is 4. The number of nitrogens with one attached hydrogen (secondary N) is 3. The molecule has 0 saturated heterocycles. The van der Waals surface area contributed by atoms with Crippen LogP contribution in [0.15, 0.2) is 51.8 Å². The van der Waals surface area contributed by atoms with Gasteiger partial charge in [-0.25, -0.2) is 9.97 Å². The van der Waals surface area contributed by atoms with Gasteiger partial charge < -0.3 is 16.0 Å². The first-order chi connectivity index (χ1) is 16.1. The fraction of sp³-hybridized carbons (Fsp3) is 0.143. The van der Waals surface area contributed by atoms with Crippen LogP contribution >= 0.6 is 63.7 Å². The van der Waals surface area contributed by atoms with Crippen molar-refractivity contribution in [2.45, 2.75) is 16.1 Å². The monoisotopic (exact) mass is 714 g/mol. The number of anilines is 3. The van der Waals surface area contributed by atoms with Crippen molar-refractivity contribution < 1.29 is 14.4 Å². The highest BCUT2D eigenvalue weighted by molar-refractivity contribution is 9.25. The summed E-state index contributed by atoms with van der Waals surface area (Å²) in [6.07, 6.45) is 2.52. The molecule has 6 heterocycles. The van der Waals surface area contributed by atoms with Crippen molar-refractivity contribution in [1.29, 1.82) is 0 Å². The maximum Gasteiger partial charge on any atom is 0.258 e. The van der Waals surface area contributed by atoms with Crippen LogP contribution in [0.3, 0.4) is 0 Å². The molecule has 0 atom stereocenters. The van der Waals surface area contributed by atoms with Crippen LogP contribution in [0.5, 0.6) is 0 Å². The molecule has 0 bridgehead atoms. The van der Waals surface area contributed by atoms with E-state index < -0.39 is 3.23 Å². The van der Waals surface area contributed by atoms with E-state index in [1.165, 1.54) is 0 Å². The Balaban J connectivity index is 0.000000122. The molecule has 0 fully saturated rings. The van der Waals surface area contributed by atoms with Crippen molar-refractivity contribution in [1.82, 2.24) is 15.0 Å². The minimum atomic E-state index is -0.890. The third-order valence-electron chi connectivity index (χ3n) is 4.73. The standard InChI is InChI=1S/C7H3Br3N2O.C7H5BrN2O.C7H6N2O/c8-4-2-1-3-5(12-4)7(9,10)6(13)11-3;8-6-2-1-4-5(9-6)3-7(11)10-4;10-7-4-6-5(9-7)2-1-3-8-6/h1-2H,(H,11,13);1-2H,3H2,(H,10,11);1-3H,4H2,(H,9,10). The Morgan fingerprint density at radius 3 is 2.00 bits per heavy atom. The van der Waals surface area contributed by atoms with E-state index in [9.17, 15) is 14.4 Å². The number of fused-ring (bicyclic) bond motifs is 3. The summed E-state index contributed by atoms with van der Waals surface area (Å²) in [5.41, 5.74) is 4.73. The summed E-state index contributed by atoms with van der Waals surface area (Å²) < 4.78 is 0.581. The summed E-state index contributed by atoms with van der Waals surface area (Å²) in [4.78, 5) is 45.4. The van der Waals surface area contributed by atoms with E-state index in [0.29, 0.717) is 23.1 Å². The fourth-order valence-corrected chi connectivity index (χ4v) is 4.65. The van der Waals surface area contributed by atoms with Gasteiger partial charge in [-0.2, -0.15) is 0 Å². The van der Waals surface area contributed by atoms with Gasteiger partial charge in [0.25, 0.3) is 5.91 Å². The van der Waals surface area contributed by atoms with Crippen molar-refractivity contribution in [2.75, 3.05) is 16.0 Å². The van der Waals surface area contributed by atoms with Gasteiger partial charge in [-0.3, -0.25) is 19.4 Å². The van der Waals surface area contributed by atoms with E-state index in [-0.39, 0.29) is 17.7 Å². The molecule has 34 heavy (non-hydrogen) atoms. The summed E-state index contributed by atoms with van der Waals surface area (Å²) in [6.45, 7) is 0. The van der Waals surface area contributed by atoms with Crippen molar-refractivity contribution in [3.05, 3.63) is 68.9 Å². The Hall–Kier alpha value is -2.22. The highest BCUT2D eigenvalue weighted by Gasteiger charge is 2.44. The highest BCUT2D eigenvalue weighted by atomic mass is 79.9. The Labute approximate surface area is 227 Å². The molecule has 0 saturated carbocycles. The Bertz CT molecular complexity index is 1290. The van der Waals surface area contributed by atoms with Gasteiger partial charge in [0.05, 0.1) is 41.3 Å². The van der Waals surface area contributed by atoms with Crippen LogP contribution in [0.1, 0.15) is 17.1 Å². The smallest absolute Gasteiger partial charge is 0.258 e. The van der Waals surface area contributed by atoms with Gasteiger partial charge in [0.15, 0.2) is 0 Å². The molecule has 0 spiro atoms. The second kappa shape index (κ2) is 10.2. The summed E-state index contributed by atoms with van der Waals surface area (Å²) in [5, 5.41) is 8.10. The van der Waals surface area contributed by atoms with Crippen LogP contribution in [0.4, 0.5) is 17.1 Å². The maximum atomic E-state index is 11.4. The molecule has 3 aliphatic rings. The second-order valence-corrected chi connectivity index (χ2v) is 12.2. The SMILES string of the molecule is O=C1Cc2nc(Br)ccc2N1.O=C1Cc2ncccc2N1.O=C1Nc2ccc(Br)nc2C1(Br)Br. The zero-order valence-corrected chi connectivity index (χ0v) is 23.4. The lowest BCUT2D eigenvalue weighted by Gasteiger charge is -2.08. The van der Waals surface area contributed by atoms with Crippen LogP contribution in [0.2, 0.25) is 0 Å². The Kier molecular flexibility index (Phi) is 7.45. The molecule has 0 aromatic carbocycles. The number of amides is 3. The molecule has 9 nitrogen and oxygen atoms in total. The molecule has 0 radical (unpaired) electrons. The van der Waals surface area contributed by atoms with Gasteiger partial charge in [-0.1, -0.05) is 31.9 Å². The van der Waals surface area contributed by atoms with Gasteiger partial charge in [0.2, 0.25) is 15.0 Å². The minimum absolute atomic E-state index is 0.0191. The number of pyridine rings is 3. The molecule has 3 aliphatic heterocycles. The first-order valence-electron chi connectivity index (χ1n) is 9.69. The van der Waals surface area contributed by atoms with Gasteiger partial charge in [-0.05, 0) is 68.3 Å². The third kappa shape index (κ3) is 5.53. The van der Waals surface area contributed by atoms with Crippen LogP contribution in [-0.4, -0.2) is 32.7 Å². The largest absolute Gasteiger partial charge is 0.324 e. The maximum absolute atomic E-state index is 11.4. The predicted molar refractivity (Wildman–Crippen MR) is 141 cm³/mol. The minimum Gasteiger partial charge on any atom is -0.324 e. The first kappa shape index (κ1) is 24.9. The molecule has 13 heteroatoms. The summed E-state index contributed by atoms with van der Waals surface area (Å²) in [5.74, 6) is -0.104. The lowest BCUT2D eigenvalue weighted by atomic mass is 10.3. The molecular weight excluding hydrogens is 704 g/mol. The number of alkyl halides is 2. The fourth-order valence-electron chi connectivity index (χ4n) is 3.19. The van der Waals surface area contributed by atoms with Crippen LogP contribution in [0, 0.1) is 0 Å². The number of hydrogen-bond donors (Lipinski definition) is 3. The normalized spacial score (nSPS) is 15.9. The Morgan fingerprint density at radius 1 is 0.735 bits per heavy atom. The van der Waals surface area contributed by atoms with Gasteiger partial charge in [0.1, 0.15) is 14.9 Å². The van der Waals surface area contributed by atoms with Crippen molar-refractivity contribution in [2.24, 2.45) is 0 Å². The molecule has 6 rings (SSSR count). The first-order valence-corrected chi connectivity index (χ1v) is 12.9. The lowest BCUT2D eigenvalue weighted by molar-refractivity contribution is -0.116. The number of rotatable bonds is 0. The zero-order valence-electron chi connectivity index (χ0n) is 17.0. The van der Waals surface area contributed by atoms with E-state index in [4.69, 9.17) is 0 Å². The average Bonchev–Trinajstić information content (AvgIpc) is 3.41. The van der Waals surface area contributed by atoms with E-state index in [0.717, 1.165) is 33.1 Å². The molecule has 3 aromatic rings. The number of nitrogens with zero attached hydrogens (tertiary/aromatic N) is 3. The quantitative estimate of drug-likeness (QED) is 0.230. The lowest BCUT2D eigenvalue weighted by Crippen LogP contribution is -2.20. The second-order valence-electron chi connectivity index (χ2n) is 7.13. The molecule has 3 amide bonds. The van der Waals surface area contributed by atoms with Gasteiger partial charge >= 0.3 is 0 Å². The van der Waals surface area contributed by atoms with Gasteiger partial charge in [-0.15, -0.1) is 0 Å². The molecule has 0 aliphatic carbocycles. The molecule has 3 aromatic heterocycles. The molecule has 174 valence electrons. The molecule has 3 N–H and O–H groups in total. The number of aromatic nitrogens is 3. The summed E-state index contributed by atoms with van der Waals surface area (Å²) >= 11 is 13.0. The highest BCUT2D eigenvalue weighted by Crippen LogP contribution is 2.46. The molecular formula is C21H14Br4N6O3. The molecule has 0 unspecified atom stereocenters. The number of carbonyl (C=O) groups excluding carboxylic acids is 3. The number of hydrogen-bond acceptors (Lipinski definition) is 6. The average molecular weight is 718 g/mol. The number of carbonyl (C=O) groups is 3. The topological polar surface area (TPSA) is 126 Å². The van der Waals surface area contributed by atoms with E-state index in [1.54, 1.807) is 18.3 Å². The van der Waals surface area contributed by atoms with Crippen LogP contribution in [-0.2, 0) is 30.5 Å². The van der Waals surface area contributed by atoms with E-state index in [2.05, 4.69) is 94.6 Å². The Morgan fingerprint density at radius 2 is 1.32 bits per heavy atom. The summed E-state index contributed by atoms with van der Waals surface area (Å²) in [7, 11) is 0. The van der Waals surface area contributed by atoms with Crippen molar-refractivity contribution >= 4 is 98.5 Å². The summed E-state index contributed by atoms with van der Waals surface area (Å²) in [6, 6.07) is 10.9.